The Labute approximate surface area is 204 Å². The molecule has 2 aromatic rings. The number of halogens is 1. The Morgan fingerprint density at radius 2 is 1.76 bits per heavy atom. The van der Waals surface area contributed by atoms with Crippen LogP contribution in [0, 0.1) is 12.8 Å². The standard InChI is InChI=1S/C23H24BrN3O7/c1-13-6-16(4-5-19(13)24)25-20(28)12-34-23(31)15-9-21(29)27(11-15)26-22(30)14-7-17(32-2)10-18(8-14)33-3/h4-8,10,15H,9,11-12H2,1-3H3,(H,25,28)(H,26,30)/t15-/m0/s1. The van der Waals surface area contributed by atoms with E-state index in [2.05, 4.69) is 26.7 Å². The zero-order valence-electron chi connectivity index (χ0n) is 18.8. The highest BCUT2D eigenvalue weighted by Crippen LogP contribution is 2.24. The third-order valence-electron chi connectivity index (χ3n) is 5.10. The minimum atomic E-state index is -0.810. The summed E-state index contributed by atoms with van der Waals surface area (Å²) in [6.07, 6.45) is -0.145. The van der Waals surface area contributed by atoms with E-state index in [1.54, 1.807) is 24.3 Å². The Kier molecular flexibility index (Phi) is 8.11. The smallest absolute Gasteiger partial charge is 0.311 e. The highest BCUT2D eigenvalue weighted by molar-refractivity contribution is 9.10. The van der Waals surface area contributed by atoms with Crippen LogP contribution in [-0.4, -0.2) is 56.1 Å². The van der Waals surface area contributed by atoms with Crippen LogP contribution in [-0.2, 0) is 19.1 Å². The Bertz CT molecular complexity index is 1100. The maximum atomic E-state index is 12.6. The largest absolute Gasteiger partial charge is 0.497 e. The van der Waals surface area contributed by atoms with Crippen LogP contribution in [0.1, 0.15) is 22.3 Å². The molecule has 0 unspecified atom stereocenters. The lowest BCUT2D eigenvalue weighted by atomic mass is 10.1. The minimum Gasteiger partial charge on any atom is -0.497 e. The van der Waals surface area contributed by atoms with Crippen molar-refractivity contribution >= 4 is 45.3 Å². The minimum absolute atomic E-state index is 0.0714. The van der Waals surface area contributed by atoms with Gasteiger partial charge in [-0.25, -0.2) is 0 Å². The van der Waals surface area contributed by atoms with E-state index in [1.165, 1.54) is 26.4 Å². The zero-order valence-corrected chi connectivity index (χ0v) is 20.4. The van der Waals surface area contributed by atoms with Crippen LogP contribution in [0.25, 0.3) is 0 Å². The summed E-state index contributed by atoms with van der Waals surface area (Å²) in [5, 5.41) is 3.70. The molecule has 2 N–H and O–H groups in total. The number of hydrazine groups is 1. The van der Waals surface area contributed by atoms with Gasteiger partial charge in [0.1, 0.15) is 11.5 Å². The summed E-state index contributed by atoms with van der Waals surface area (Å²) in [6, 6.07) is 9.89. The SMILES string of the molecule is COc1cc(OC)cc(C(=O)NN2C[C@@H](C(=O)OCC(=O)Nc3ccc(Br)c(C)c3)CC2=O)c1. The first kappa shape index (κ1) is 25.0. The summed E-state index contributed by atoms with van der Waals surface area (Å²) in [5.74, 6) is -2.20. The molecule has 1 fully saturated rings. The number of hydrogen-bond donors (Lipinski definition) is 2. The molecule has 0 aliphatic carbocycles. The molecule has 180 valence electrons. The predicted octanol–water partition coefficient (Wildman–Crippen LogP) is 2.45. The van der Waals surface area contributed by atoms with Gasteiger partial charge in [-0.1, -0.05) is 15.9 Å². The number of nitrogens with zero attached hydrogens (tertiary/aromatic N) is 1. The van der Waals surface area contributed by atoms with Crippen molar-refractivity contribution in [1.29, 1.82) is 0 Å². The van der Waals surface area contributed by atoms with Crippen molar-refractivity contribution in [3.8, 4) is 11.5 Å². The maximum absolute atomic E-state index is 12.6. The van der Waals surface area contributed by atoms with E-state index in [-0.39, 0.29) is 18.5 Å². The number of carbonyl (C=O) groups is 4. The second kappa shape index (κ2) is 11.0. The van der Waals surface area contributed by atoms with E-state index in [0.717, 1.165) is 15.0 Å². The number of nitrogens with one attached hydrogen (secondary N) is 2. The summed E-state index contributed by atoms with van der Waals surface area (Å²) < 4.78 is 16.3. The number of esters is 1. The van der Waals surface area contributed by atoms with E-state index >= 15 is 0 Å². The molecule has 0 radical (unpaired) electrons. The zero-order chi connectivity index (χ0) is 24.8. The van der Waals surface area contributed by atoms with E-state index < -0.39 is 36.2 Å². The van der Waals surface area contributed by atoms with Gasteiger partial charge in [0.2, 0.25) is 5.91 Å². The molecule has 11 heteroatoms. The molecule has 1 atom stereocenters. The molecule has 0 aromatic heterocycles. The van der Waals surface area contributed by atoms with Gasteiger partial charge in [0.25, 0.3) is 11.8 Å². The number of carbonyl (C=O) groups excluding carboxylic acids is 4. The number of aryl methyl sites for hydroxylation is 1. The molecule has 10 nitrogen and oxygen atoms in total. The maximum Gasteiger partial charge on any atom is 0.311 e. The summed E-state index contributed by atoms with van der Waals surface area (Å²) in [5.41, 5.74) is 4.21. The fourth-order valence-electron chi connectivity index (χ4n) is 3.27. The molecule has 1 heterocycles. The lowest BCUT2D eigenvalue weighted by Gasteiger charge is -2.18. The molecule has 0 spiro atoms. The summed E-state index contributed by atoms with van der Waals surface area (Å²) in [4.78, 5) is 49.4. The monoisotopic (exact) mass is 533 g/mol. The second-order valence-corrected chi connectivity index (χ2v) is 8.42. The molecule has 1 aliphatic rings. The fraction of sp³-hybridized carbons (Fsp3) is 0.304. The molecule has 2 aromatic carbocycles. The molecule has 0 saturated carbocycles. The van der Waals surface area contributed by atoms with Crippen molar-refractivity contribution in [1.82, 2.24) is 10.4 Å². The van der Waals surface area contributed by atoms with Crippen molar-refractivity contribution in [2.75, 3.05) is 32.7 Å². The summed E-state index contributed by atoms with van der Waals surface area (Å²) in [7, 11) is 2.91. The number of hydrogen-bond acceptors (Lipinski definition) is 7. The molecule has 3 amide bonds. The van der Waals surface area contributed by atoms with Crippen molar-refractivity contribution < 1.29 is 33.4 Å². The van der Waals surface area contributed by atoms with Crippen molar-refractivity contribution in [2.24, 2.45) is 5.92 Å². The van der Waals surface area contributed by atoms with Crippen LogP contribution < -0.4 is 20.2 Å². The van der Waals surface area contributed by atoms with E-state index in [1.807, 2.05) is 6.92 Å². The number of amides is 3. The van der Waals surface area contributed by atoms with Gasteiger partial charge < -0.3 is 19.5 Å². The predicted molar refractivity (Wildman–Crippen MR) is 125 cm³/mol. The highest BCUT2D eigenvalue weighted by atomic mass is 79.9. The van der Waals surface area contributed by atoms with E-state index in [0.29, 0.717) is 17.2 Å². The first-order valence-corrected chi connectivity index (χ1v) is 11.1. The molecule has 1 aliphatic heterocycles. The van der Waals surface area contributed by atoms with Gasteiger partial charge in [0.15, 0.2) is 6.61 Å². The van der Waals surface area contributed by atoms with E-state index in [9.17, 15) is 19.2 Å². The quantitative estimate of drug-likeness (QED) is 0.499. The third kappa shape index (κ3) is 6.25. The van der Waals surface area contributed by atoms with Crippen LogP contribution in [0.5, 0.6) is 11.5 Å². The normalized spacial score (nSPS) is 15.0. The van der Waals surface area contributed by atoms with Gasteiger partial charge in [-0.05, 0) is 42.8 Å². The lowest BCUT2D eigenvalue weighted by molar-refractivity contribution is -0.151. The molecular formula is C23H24BrN3O7. The topological polar surface area (TPSA) is 123 Å². The van der Waals surface area contributed by atoms with Crippen molar-refractivity contribution in [3.63, 3.8) is 0 Å². The first-order chi connectivity index (χ1) is 16.2. The van der Waals surface area contributed by atoms with Gasteiger partial charge in [-0.3, -0.25) is 29.6 Å². The Morgan fingerprint density at radius 3 is 2.38 bits per heavy atom. The average molecular weight is 534 g/mol. The van der Waals surface area contributed by atoms with Gasteiger partial charge in [0.05, 0.1) is 26.7 Å². The number of ether oxygens (including phenoxy) is 3. The lowest BCUT2D eigenvalue weighted by Crippen LogP contribution is -2.43. The molecule has 0 bridgehead atoms. The Hall–Kier alpha value is -3.60. The number of benzene rings is 2. The number of anilines is 1. The molecule has 34 heavy (non-hydrogen) atoms. The highest BCUT2D eigenvalue weighted by Gasteiger charge is 2.36. The number of methoxy groups -OCH3 is 2. The summed E-state index contributed by atoms with van der Waals surface area (Å²) >= 11 is 3.38. The second-order valence-electron chi connectivity index (χ2n) is 7.57. The third-order valence-corrected chi connectivity index (χ3v) is 5.99. The molecular weight excluding hydrogens is 510 g/mol. The van der Waals surface area contributed by atoms with Gasteiger partial charge >= 0.3 is 5.97 Å². The van der Waals surface area contributed by atoms with Gasteiger partial charge in [0, 0.05) is 28.2 Å². The van der Waals surface area contributed by atoms with Crippen LogP contribution in [0.3, 0.4) is 0 Å². The number of rotatable bonds is 8. The Balaban J connectivity index is 1.52. The van der Waals surface area contributed by atoms with Crippen LogP contribution in [0.4, 0.5) is 5.69 Å². The molecule has 1 saturated heterocycles. The average Bonchev–Trinajstić information content (AvgIpc) is 3.19. The van der Waals surface area contributed by atoms with Gasteiger partial charge in [-0.15, -0.1) is 0 Å². The fourth-order valence-corrected chi connectivity index (χ4v) is 3.52. The van der Waals surface area contributed by atoms with Crippen LogP contribution in [0.15, 0.2) is 40.9 Å². The van der Waals surface area contributed by atoms with Gasteiger partial charge in [-0.2, -0.15) is 0 Å². The molecule has 3 rings (SSSR count). The van der Waals surface area contributed by atoms with Crippen LogP contribution in [0.2, 0.25) is 0 Å². The van der Waals surface area contributed by atoms with Crippen molar-refractivity contribution in [3.05, 3.63) is 52.0 Å². The van der Waals surface area contributed by atoms with Crippen molar-refractivity contribution in [2.45, 2.75) is 13.3 Å². The van der Waals surface area contributed by atoms with E-state index in [4.69, 9.17) is 14.2 Å². The summed E-state index contributed by atoms with van der Waals surface area (Å²) in [6.45, 7) is 1.32. The first-order valence-electron chi connectivity index (χ1n) is 10.3. The van der Waals surface area contributed by atoms with Crippen LogP contribution >= 0.6 is 15.9 Å². The Morgan fingerprint density at radius 1 is 1.09 bits per heavy atom.